The monoisotopic (exact) mass is 144 g/mol. The summed E-state index contributed by atoms with van der Waals surface area (Å²) in [5.41, 5.74) is 5.05. The van der Waals surface area contributed by atoms with Gasteiger partial charge >= 0.3 is 0 Å². The number of carbonyl (C=O) groups is 1. The molecule has 1 fully saturated rings. The number of hydrogen-bond donors (Lipinski definition) is 2. The van der Waals surface area contributed by atoms with Gasteiger partial charge in [-0.15, -0.1) is 0 Å². The van der Waals surface area contributed by atoms with E-state index in [1.807, 2.05) is 6.92 Å². The van der Waals surface area contributed by atoms with Crippen LogP contribution < -0.4 is 11.1 Å². The Labute approximate surface area is 59.7 Å². The predicted octanol–water partition coefficient (Wildman–Crippen LogP) is -1.15. The summed E-state index contributed by atoms with van der Waals surface area (Å²) in [6, 6.07) is -0.0741. The highest BCUT2D eigenvalue weighted by atomic mass is 16.5. The number of amides is 1. The number of nitrogens with two attached hydrogens (primary N) is 1. The second-order valence-corrected chi connectivity index (χ2v) is 2.56. The first-order valence-corrected chi connectivity index (χ1v) is 3.33. The summed E-state index contributed by atoms with van der Waals surface area (Å²) in [6.07, 6.45) is 0. The van der Waals surface area contributed by atoms with E-state index in [1.54, 1.807) is 0 Å². The van der Waals surface area contributed by atoms with E-state index in [0.717, 1.165) is 0 Å². The fraction of sp³-hybridized carbons (Fsp3) is 0.833. The first-order valence-electron chi connectivity index (χ1n) is 3.33. The zero-order valence-corrected chi connectivity index (χ0v) is 5.96. The average molecular weight is 144 g/mol. The molecule has 1 aliphatic heterocycles. The third-order valence-corrected chi connectivity index (χ3v) is 1.48. The van der Waals surface area contributed by atoms with Gasteiger partial charge in [-0.2, -0.15) is 0 Å². The maximum Gasteiger partial charge on any atom is 0.236 e. The molecule has 0 aromatic carbocycles. The molecule has 58 valence electrons. The average Bonchev–Trinajstić information content (AvgIpc) is 1.88. The number of hydrogen-bond acceptors (Lipinski definition) is 3. The molecule has 0 saturated carbocycles. The van der Waals surface area contributed by atoms with E-state index in [4.69, 9.17) is 10.5 Å². The molecule has 0 unspecified atom stereocenters. The van der Waals surface area contributed by atoms with Crippen molar-refractivity contribution >= 4 is 5.91 Å². The molecule has 0 aromatic heterocycles. The summed E-state index contributed by atoms with van der Waals surface area (Å²) in [4.78, 5) is 10.6. The lowest BCUT2D eigenvalue weighted by Gasteiger charge is -2.26. The van der Waals surface area contributed by atoms with Crippen LogP contribution in [-0.2, 0) is 9.53 Å². The summed E-state index contributed by atoms with van der Waals surface area (Å²) in [6.45, 7) is 3.01. The maximum absolute atomic E-state index is 10.6. The lowest BCUT2D eigenvalue weighted by Crippen LogP contribution is -2.53. The van der Waals surface area contributed by atoms with Gasteiger partial charge in [0.15, 0.2) is 0 Å². The highest BCUT2D eigenvalue weighted by Gasteiger charge is 2.21. The van der Waals surface area contributed by atoms with Gasteiger partial charge in [-0.3, -0.25) is 10.1 Å². The van der Waals surface area contributed by atoms with Crippen LogP contribution in [0.2, 0.25) is 0 Å². The Morgan fingerprint density at radius 2 is 2.40 bits per heavy atom. The van der Waals surface area contributed by atoms with Gasteiger partial charge in [-0.1, -0.05) is 0 Å². The van der Waals surface area contributed by atoms with Crippen LogP contribution in [0.25, 0.3) is 0 Å². The first kappa shape index (κ1) is 7.50. The van der Waals surface area contributed by atoms with Crippen LogP contribution in [0.15, 0.2) is 0 Å². The van der Waals surface area contributed by atoms with Gasteiger partial charge in [0, 0.05) is 6.04 Å². The van der Waals surface area contributed by atoms with Gasteiger partial charge in [0.1, 0.15) is 6.04 Å². The van der Waals surface area contributed by atoms with Crippen molar-refractivity contribution < 1.29 is 9.53 Å². The third-order valence-electron chi connectivity index (χ3n) is 1.48. The quantitative estimate of drug-likeness (QED) is 0.488. The first-order chi connectivity index (χ1) is 4.70. The molecule has 1 rings (SSSR count). The van der Waals surface area contributed by atoms with Crippen molar-refractivity contribution in [1.29, 1.82) is 0 Å². The molecular weight excluding hydrogens is 132 g/mol. The van der Waals surface area contributed by atoms with Gasteiger partial charge in [0.2, 0.25) is 5.91 Å². The van der Waals surface area contributed by atoms with Gasteiger partial charge in [0.25, 0.3) is 0 Å². The molecule has 1 heterocycles. The zero-order valence-electron chi connectivity index (χ0n) is 5.96. The molecule has 2 atom stereocenters. The van der Waals surface area contributed by atoms with Crippen molar-refractivity contribution in [3.8, 4) is 0 Å². The highest BCUT2D eigenvalue weighted by molar-refractivity contribution is 5.80. The van der Waals surface area contributed by atoms with Crippen LogP contribution in [0.3, 0.4) is 0 Å². The van der Waals surface area contributed by atoms with Crippen molar-refractivity contribution in [3.05, 3.63) is 0 Å². The van der Waals surface area contributed by atoms with Gasteiger partial charge in [-0.05, 0) is 6.92 Å². The van der Waals surface area contributed by atoms with E-state index in [-0.39, 0.29) is 18.0 Å². The van der Waals surface area contributed by atoms with E-state index in [9.17, 15) is 4.79 Å². The molecule has 0 spiro atoms. The summed E-state index contributed by atoms with van der Waals surface area (Å²) in [7, 11) is 0. The van der Waals surface area contributed by atoms with Crippen LogP contribution in [0.4, 0.5) is 0 Å². The van der Waals surface area contributed by atoms with E-state index in [2.05, 4.69) is 5.32 Å². The minimum atomic E-state index is -0.341. The maximum atomic E-state index is 10.6. The largest absolute Gasteiger partial charge is 0.378 e. The van der Waals surface area contributed by atoms with Crippen LogP contribution in [0.5, 0.6) is 0 Å². The third kappa shape index (κ3) is 1.68. The lowest BCUT2D eigenvalue weighted by molar-refractivity contribution is -0.123. The van der Waals surface area contributed by atoms with Gasteiger partial charge < -0.3 is 10.5 Å². The van der Waals surface area contributed by atoms with Crippen molar-refractivity contribution in [2.45, 2.75) is 19.0 Å². The molecule has 0 aromatic rings. The number of morpholine rings is 1. The normalized spacial score (nSPS) is 33.7. The van der Waals surface area contributed by atoms with Crippen LogP contribution in [-0.4, -0.2) is 31.2 Å². The fourth-order valence-electron chi connectivity index (χ4n) is 0.967. The van der Waals surface area contributed by atoms with Gasteiger partial charge in [-0.25, -0.2) is 0 Å². The van der Waals surface area contributed by atoms with Crippen molar-refractivity contribution in [2.24, 2.45) is 5.73 Å². The standard InChI is InChI=1S/C6H12N2O2/c1-4-2-10-3-5(8-4)6(7)9/h4-5,8H,2-3H2,1H3,(H2,7,9)/t4-,5+/m1/s1. The number of rotatable bonds is 1. The Balaban J connectivity index is 2.39. The van der Waals surface area contributed by atoms with E-state index in [0.29, 0.717) is 13.2 Å². The molecule has 0 bridgehead atoms. The predicted molar refractivity (Wildman–Crippen MR) is 36.4 cm³/mol. The molecule has 1 aliphatic rings. The molecule has 0 radical (unpaired) electrons. The molecule has 1 saturated heterocycles. The molecule has 0 aliphatic carbocycles. The Morgan fingerprint density at radius 1 is 1.70 bits per heavy atom. The molecule has 3 N–H and O–H groups in total. The minimum Gasteiger partial charge on any atom is -0.378 e. The SMILES string of the molecule is C[C@@H]1COC[C@@H](C(N)=O)N1. The Bertz CT molecular complexity index is 138. The second-order valence-electron chi connectivity index (χ2n) is 2.56. The van der Waals surface area contributed by atoms with Crippen LogP contribution in [0, 0.1) is 0 Å². The van der Waals surface area contributed by atoms with Crippen molar-refractivity contribution in [3.63, 3.8) is 0 Å². The van der Waals surface area contributed by atoms with Crippen molar-refractivity contribution in [2.75, 3.05) is 13.2 Å². The number of nitrogens with one attached hydrogen (secondary N) is 1. The van der Waals surface area contributed by atoms with E-state index in [1.165, 1.54) is 0 Å². The summed E-state index contributed by atoms with van der Waals surface area (Å²) >= 11 is 0. The number of primary amides is 1. The number of ether oxygens (including phenoxy) is 1. The van der Waals surface area contributed by atoms with Crippen LogP contribution in [0.1, 0.15) is 6.92 Å². The van der Waals surface area contributed by atoms with Crippen LogP contribution >= 0.6 is 0 Å². The fourth-order valence-corrected chi connectivity index (χ4v) is 0.967. The minimum absolute atomic E-state index is 0.228. The van der Waals surface area contributed by atoms with Crippen molar-refractivity contribution in [1.82, 2.24) is 5.32 Å². The topological polar surface area (TPSA) is 64.3 Å². The Kier molecular flexibility index (Phi) is 2.24. The Hall–Kier alpha value is -0.610. The lowest BCUT2D eigenvalue weighted by atomic mass is 10.2. The highest BCUT2D eigenvalue weighted by Crippen LogP contribution is 1.97. The Morgan fingerprint density at radius 3 is 2.80 bits per heavy atom. The van der Waals surface area contributed by atoms with E-state index >= 15 is 0 Å². The molecule has 1 amide bonds. The molecule has 4 heteroatoms. The molecule has 4 nitrogen and oxygen atoms in total. The van der Waals surface area contributed by atoms with E-state index < -0.39 is 0 Å². The smallest absolute Gasteiger partial charge is 0.236 e. The molecule has 10 heavy (non-hydrogen) atoms. The second kappa shape index (κ2) is 2.98. The van der Waals surface area contributed by atoms with Gasteiger partial charge in [0.05, 0.1) is 13.2 Å². The zero-order chi connectivity index (χ0) is 7.56. The molecular formula is C6H12N2O2. The summed E-state index contributed by atoms with van der Waals surface area (Å²) in [5, 5.41) is 3.02. The summed E-state index contributed by atoms with van der Waals surface area (Å²) < 4.78 is 5.09. The summed E-state index contributed by atoms with van der Waals surface area (Å²) in [5.74, 6) is -0.341. The number of carbonyl (C=O) groups excluding carboxylic acids is 1.